The number of benzene rings is 1. The Morgan fingerprint density at radius 3 is 2.52 bits per heavy atom. The summed E-state index contributed by atoms with van der Waals surface area (Å²) >= 11 is 0. The summed E-state index contributed by atoms with van der Waals surface area (Å²) in [4.78, 5) is 29.7. The Bertz CT molecular complexity index is 823. The van der Waals surface area contributed by atoms with Crippen molar-refractivity contribution in [1.29, 1.82) is 0 Å². The summed E-state index contributed by atoms with van der Waals surface area (Å²) in [5.74, 6) is -0.623. The van der Waals surface area contributed by atoms with Crippen LogP contribution >= 0.6 is 0 Å². The average Bonchev–Trinajstić information content (AvgIpc) is 2.79. The van der Waals surface area contributed by atoms with Crippen molar-refractivity contribution in [3.8, 4) is 0 Å². The van der Waals surface area contributed by atoms with Crippen LogP contribution < -0.4 is 5.32 Å². The summed E-state index contributed by atoms with van der Waals surface area (Å²) in [7, 11) is 0. The minimum Gasteiger partial charge on any atom is -0.319 e. The van der Waals surface area contributed by atoms with Crippen LogP contribution in [0.5, 0.6) is 0 Å². The number of rotatable bonds is 3. The normalized spacial score (nSPS) is 20.7. The molecular formula is C17H14F3N3O2. The Morgan fingerprint density at radius 1 is 1.16 bits per heavy atom. The van der Waals surface area contributed by atoms with E-state index in [-0.39, 0.29) is 5.56 Å². The van der Waals surface area contributed by atoms with E-state index >= 15 is 0 Å². The van der Waals surface area contributed by atoms with E-state index in [4.69, 9.17) is 0 Å². The lowest BCUT2D eigenvalue weighted by atomic mass is 9.93. The Hall–Kier alpha value is -2.90. The molecule has 0 spiro atoms. The number of hydrogen-bond donors (Lipinski definition) is 1. The molecule has 130 valence electrons. The van der Waals surface area contributed by atoms with E-state index in [0.717, 1.165) is 11.0 Å². The number of imide groups is 1. The van der Waals surface area contributed by atoms with Gasteiger partial charge in [-0.1, -0.05) is 24.3 Å². The van der Waals surface area contributed by atoms with Gasteiger partial charge in [-0.3, -0.25) is 14.7 Å². The first-order valence-electron chi connectivity index (χ1n) is 7.43. The molecule has 2 aromatic rings. The monoisotopic (exact) mass is 349 g/mol. The van der Waals surface area contributed by atoms with Gasteiger partial charge in [0.1, 0.15) is 5.54 Å². The number of alkyl halides is 3. The number of halogens is 3. The largest absolute Gasteiger partial charge is 0.416 e. The fraction of sp³-hybridized carbons (Fsp3) is 0.235. The third kappa shape index (κ3) is 2.95. The molecule has 0 bridgehead atoms. The van der Waals surface area contributed by atoms with Crippen LogP contribution in [-0.2, 0) is 23.1 Å². The predicted molar refractivity (Wildman–Crippen MR) is 82.1 cm³/mol. The van der Waals surface area contributed by atoms with Crippen LogP contribution in [0.25, 0.3) is 0 Å². The molecule has 1 aromatic heterocycles. The minimum absolute atomic E-state index is 0.145. The van der Waals surface area contributed by atoms with Crippen LogP contribution in [0.2, 0.25) is 0 Å². The SMILES string of the molecule is C[C@]1(c2cccnc2)NC(=O)N(Cc2ccccc2C(F)(F)F)C1=O. The van der Waals surface area contributed by atoms with Crippen LogP contribution in [0.4, 0.5) is 18.0 Å². The zero-order valence-electron chi connectivity index (χ0n) is 13.2. The van der Waals surface area contributed by atoms with Gasteiger partial charge in [-0.15, -0.1) is 0 Å². The number of aromatic nitrogens is 1. The molecule has 2 heterocycles. The van der Waals surface area contributed by atoms with Gasteiger partial charge in [0.05, 0.1) is 12.1 Å². The number of carbonyl (C=O) groups is 2. The quantitative estimate of drug-likeness (QED) is 0.867. The Balaban J connectivity index is 1.93. The van der Waals surface area contributed by atoms with E-state index < -0.39 is 35.8 Å². The number of pyridine rings is 1. The maximum atomic E-state index is 13.1. The molecule has 0 saturated carbocycles. The summed E-state index contributed by atoms with van der Waals surface area (Å²) in [5.41, 5.74) is -1.92. The number of amides is 3. The summed E-state index contributed by atoms with van der Waals surface area (Å²) in [6.45, 7) is 1.04. The van der Waals surface area contributed by atoms with Gasteiger partial charge in [-0.2, -0.15) is 13.2 Å². The van der Waals surface area contributed by atoms with Crippen molar-refractivity contribution in [3.63, 3.8) is 0 Å². The number of urea groups is 1. The number of hydrogen-bond acceptors (Lipinski definition) is 3. The topological polar surface area (TPSA) is 62.3 Å². The van der Waals surface area contributed by atoms with Gasteiger partial charge in [0, 0.05) is 18.0 Å². The predicted octanol–water partition coefficient (Wildman–Crippen LogP) is 3.07. The molecule has 0 unspecified atom stereocenters. The van der Waals surface area contributed by atoms with Crippen molar-refractivity contribution in [2.45, 2.75) is 25.2 Å². The molecule has 8 heteroatoms. The Labute approximate surface area is 141 Å². The fourth-order valence-corrected chi connectivity index (χ4v) is 2.80. The van der Waals surface area contributed by atoms with Gasteiger partial charge in [-0.25, -0.2) is 4.79 Å². The standard InChI is InChI=1S/C17H14F3N3O2/c1-16(12-6-4-8-21-9-12)14(24)23(15(25)22-16)10-11-5-2-3-7-13(11)17(18,19)20/h2-9H,10H2,1H3,(H,22,25)/t16-/m1/s1. The van der Waals surface area contributed by atoms with Gasteiger partial charge in [0.25, 0.3) is 5.91 Å². The van der Waals surface area contributed by atoms with Gasteiger partial charge in [-0.05, 0) is 24.6 Å². The Morgan fingerprint density at radius 2 is 1.88 bits per heavy atom. The van der Waals surface area contributed by atoms with Crippen LogP contribution in [0.15, 0.2) is 48.8 Å². The van der Waals surface area contributed by atoms with E-state index in [0.29, 0.717) is 5.56 Å². The first-order chi connectivity index (χ1) is 11.7. The van der Waals surface area contributed by atoms with Crippen molar-refractivity contribution in [3.05, 3.63) is 65.5 Å². The molecule has 1 saturated heterocycles. The van der Waals surface area contributed by atoms with Crippen molar-refractivity contribution in [2.75, 3.05) is 0 Å². The van der Waals surface area contributed by atoms with Crippen LogP contribution in [0, 0.1) is 0 Å². The van der Waals surface area contributed by atoms with Gasteiger partial charge < -0.3 is 5.32 Å². The molecule has 3 rings (SSSR count). The molecule has 1 atom stereocenters. The van der Waals surface area contributed by atoms with Gasteiger partial charge in [0.15, 0.2) is 0 Å². The van der Waals surface area contributed by atoms with E-state index in [1.807, 2.05) is 0 Å². The maximum absolute atomic E-state index is 13.1. The smallest absolute Gasteiger partial charge is 0.319 e. The van der Waals surface area contributed by atoms with Crippen LogP contribution in [-0.4, -0.2) is 21.8 Å². The molecule has 1 fully saturated rings. The lowest BCUT2D eigenvalue weighted by molar-refractivity contribution is -0.139. The third-order valence-electron chi connectivity index (χ3n) is 4.17. The molecule has 25 heavy (non-hydrogen) atoms. The highest BCUT2D eigenvalue weighted by molar-refractivity contribution is 6.07. The second kappa shape index (κ2) is 5.87. The van der Waals surface area contributed by atoms with Crippen molar-refractivity contribution in [1.82, 2.24) is 15.2 Å². The van der Waals surface area contributed by atoms with Crippen molar-refractivity contribution >= 4 is 11.9 Å². The maximum Gasteiger partial charge on any atom is 0.416 e. The highest BCUT2D eigenvalue weighted by Crippen LogP contribution is 2.34. The summed E-state index contributed by atoms with van der Waals surface area (Å²) in [6.07, 6.45) is -1.61. The van der Waals surface area contributed by atoms with Crippen LogP contribution in [0.3, 0.4) is 0 Å². The van der Waals surface area contributed by atoms with Crippen molar-refractivity contribution in [2.24, 2.45) is 0 Å². The first kappa shape index (κ1) is 16.9. The zero-order valence-corrected chi connectivity index (χ0v) is 13.2. The average molecular weight is 349 g/mol. The number of carbonyl (C=O) groups excluding carboxylic acids is 2. The van der Waals surface area contributed by atoms with E-state index in [9.17, 15) is 22.8 Å². The van der Waals surface area contributed by atoms with Crippen molar-refractivity contribution < 1.29 is 22.8 Å². The van der Waals surface area contributed by atoms with E-state index in [1.54, 1.807) is 12.1 Å². The number of nitrogens with zero attached hydrogens (tertiary/aromatic N) is 2. The summed E-state index contributed by atoms with van der Waals surface area (Å²) in [5, 5.41) is 2.54. The minimum atomic E-state index is -4.57. The summed E-state index contributed by atoms with van der Waals surface area (Å²) < 4.78 is 39.4. The third-order valence-corrected chi connectivity index (χ3v) is 4.17. The molecule has 1 aromatic carbocycles. The molecule has 1 N–H and O–H groups in total. The molecular weight excluding hydrogens is 335 g/mol. The molecule has 1 aliphatic heterocycles. The molecule has 0 radical (unpaired) electrons. The van der Waals surface area contributed by atoms with E-state index in [2.05, 4.69) is 10.3 Å². The second-order valence-electron chi connectivity index (χ2n) is 5.84. The molecule has 0 aliphatic carbocycles. The highest BCUT2D eigenvalue weighted by Gasteiger charge is 2.49. The molecule has 3 amide bonds. The second-order valence-corrected chi connectivity index (χ2v) is 5.84. The molecule has 5 nitrogen and oxygen atoms in total. The highest BCUT2D eigenvalue weighted by atomic mass is 19.4. The van der Waals surface area contributed by atoms with Gasteiger partial charge in [0.2, 0.25) is 0 Å². The fourth-order valence-electron chi connectivity index (χ4n) is 2.80. The van der Waals surface area contributed by atoms with E-state index in [1.165, 1.54) is 37.5 Å². The lowest BCUT2D eigenvalue weighted by Crippen LogP contribution is -2.40. The Kier molecular flexibility index (Phi) is 3.98. The van der Waals surface area contributed by atoms with Gasteiger partial charge >= 0.3 is 12.2 Å². The number of nitrogens with one attached hydrogen (secondary N) is 1. The molecule has 1 aliphatic rings. The lowest BCUT2D eigenvalue weighted by Gasteiger charge is -2.22. The first-order valence-corrected chi connectivity index (χ1v) is 7.43. The zero-order chi connectivity index (χ0) is 18.2. The summed E-state index contributed by atoms with van der Waals surface area (Å²) in [6, 6.07) is 7.37. The van der Waals surface area contributed by atoms with Crippen LogP contribution in [0.1, 0.15) is 23.6 Å².